The van der Waals surface area contributed by atoms with Crippen molar-refractivity contribution in [2.24, 2.45) is 5.92 Å². The number of carbonyl (C=O) groups is 1. The van der Waals surface area contributed by atoms with Crippen LogP contribution >= 0.6 is 0 Å². The van der Waals surface area contributed by atoms with Gasteiger partial charge in [-0.1, -0.05) is 19.3 Å². The van der Waals surface area contributed by atoms with Crippen molar-refractivity contribution in [3.63, 3.8) is 0 Å². The van der Waals surface area contributed by atoms with E-state index in [9.17, 15) is 9.90 Å². The SMILES string of the molecule is CN(C)CCCC1CCN(C(=O)CC2(O)CCCCC2)CC1. The molecule has 1 heterocycles. The Hall–Kier alpha value is -0.610. The predicted molar refractivity (Wildman–Crippen MR) is 89.7 cm³/mol. The molecule has 1 saturated carbocycles. The Morgan fingerprint density at radius 3 is 2.41 bits per heavy atom. The highest BCUT2D eigenvalue weighted by Gasteiger charge is 2.34. The highest BCUT2D eigenvalue weighted by molar-refractivity contribution is 5.77. The fraction of sp³-hybridized carbons (Fsp3) is 0.944. The fourth-order valence-electron chi connectivity index (χ4n) is 3.95. The maximum Gasteiger partial charge on any atom is 0.225 e. The molecule has 1 saturated heterocycles. The van der Waals surface area contributed by atoms with E-state index in [2.05, 4.69) is 19.0 Å². The smallest absolute Gasteiger partial charge is 0.225 e. The van der Waals surface area contributed by atoms with E-state index in [1.807, 2.05) is 4.90 Å². The molecule has 0 aromatic heterocycles. The van der Waals surface area contributed by atoms with Crippen LogP contribution in [0.25, 0.3) is 0 Å². The molecular weight excluding hydrogens is 276 g/mol. The standard InChI is InChI=1S/C18H34N2O2/c1-19(2)12-6-7-16-8-13-20(14-9-16)17(21)15-18(22)10-4-3-5-11-18/h16,22H,3-15H2,1-2H3. The summed E-state index contributed by atoms with van der Waals surface area (Å²) < 4.78 is 0. The number of hydrogen-bond donors (Lipinski definition) is 1. The number of hydrogen-bond acceptors (Lipinski definition) is 3. The lowest BCUT2D eigenvalue weighted by atomic mass is 9.82. The molecule has 0 atom stereocenters. The van der Waals surface area contributed by atoms with Gasteiger partial charge < -0.3 is 14.9 Å². The van der Waals surface area contributed by atoms with E-state index in [1.165, 1.54) is 19.3 Å². The second kappa shape index (κ2) is 8.30. The molecule has 128 valence electrons. The molecule has 22 heavy (non-hydrogen) atoms. The summed E-state index contributed by atoms with van der Waals surface area (Å²) in [6.45, 7) is 2.94. The summed E-state index contributed by atoms with van der Waals surface area (Å²) in [4.78, 5) is 16.7. The van der Waals surface area contributed by atoms with Crippen molar-refractivity contribution < 1.29 is 9.90 Å². The third-order valence-corrected chi connectivity index (χ3v) is 5.45. The van der Waals surface area contributed by atoms with Crippen molar-refractivity contribution in [2.45, 2.75) is 69.8 Å². The number of carbonyl (C=O) groups excluding carboxylic acids is 1. The van der Waals surface area contributed by atoms with Gasteiger partial charge in [0, 0.05) is 13.1 Å². The van der Waals surface area contributed by atoms with Crippen LogP contribution in [0, 0.1) is 5.92 Å². The molecule has 1 aliphatic heterocycles. The van der Waals surface area contributed by atoms with Crippen LogP contribution in [0.3, 0.4) is 0 Å². The Morgan fingerprint density at radius 2 is 1.82 bits per heavy atom. The molecule has 0 spiro atoms. The zero-order chi connectivity index (χ0) is 16.0. The first-order chi connectivity index (χ1) is 10.5. The molecule has 2 fully saturated rings. The van der Waals surface area contributed by atoms with E-state index < -0.39 is 5.60 Å². The van der Waals surface area contributed by atoms with Crippen LogP contribution in [0.2, 0.25) is 0 Å². The number of likely N-dealkylation sites (tertiary alicyclic amines) is 1. The van der Waals surface area contributed by atoms with Crippen LogP contribution < -0.4 is 0 Å². The molecule has 1 amide bonds. The van der Waals surface area contributed by atoms with Gasteiger partial charge in [0.15, 0.2) is 0 Å². The van der Waals surface area contributed by atoms with Crippen LogP contribution in [0.1, 0.15) is 64.2 Å². The molecule has 2 aliphatic rings. The average molecular weight is 310 g/mol. The number of aliphatic hydroxyl groups is 1. The van der Waals surface area contributed by atoms with Gasteiger partial charge in [0.25, 0.3) is 0 Å². The van der Waals surface area contributed by atoms with E-state index in [4.69, 9.17) is 0 Å². The highest BCUT2D eigenvalue weighted by Crippen LogP contribution is 2.32. The van der Waals surface area contributed by atoms with Crippen molar-refractivity contribution in [1.82, 2.24) is 9.80 Å². The normalized spacial score (nSPS) is 23.0. The van der Waals surface area contributed by atoms with Gasteiger partial charge in [-0.2, -0.15) is 0 Å². The molecule has 0 unspecified atom stereocenters. The fourth-order valence-corrected chi connectivity index (χ4v) is 3.95. The number of nitrogens with zero attached hydrogens (tertiary/aromatic N) is 2. The first kappa shape index (κ1) is 17.7. The Morgan fingerprint density at radius 1 is 1.18 bits per heavy atom. The molecule has 4 nitrogen and oxygen atoms in total. The second-order valence-electron chi connectivity index (χ2n) is 7.73. The van der Waals surface area contributed by atoms with Crippen LogP contribution in [-0.2, 0) is 4.79 Å². The first-order valence-corrected chi connectivity index (χ1v) is 9.13. The minimum Gasteiger partial charge on any atom is -0.389 e. The van der Waals surface area contributed by atoms with Gasteiger partial charge >= 0.3 is 0 Å². The number of amides is 1. The monoisotopic (exact) mass is 310 g/mol. The van der Waals surface area contributed by atoms with Gasteiger partial charge in [-0.25, -0.2) is 0 Å². The topological polar surface area (TPSA) is 43.8 Å². The maximum atomic E-state index is 12.4. The summed E-state index contributed by atoms with van der Waals surface area (Å²) in [5.41, 5.74) is -0.710. The summed E-state index contributed by atoms with van der Waals surface area (Å²) in [6.07, 6.45) is 10.1. The Labute approximate surface area is 135 Å². The molecule has 1 N–H and O–H groups in total. The number of piperidine rings is 1. The third-order valence-electron chi connectivity index (χ3n) is 5.45. The summed E-state index contributed by atoms with van der Waals surface area (Å²) in [6, 6.07) is 0. The van der Waals surface area contributed by atoms with E-state index in [-0.39, 0.29) is 5.91 Å². The lowest BCUT2D eigenvalue weighted by molar-refractivity contribution is -0.139. The van der Waals surface area contributed by atoms with E-state index in [0.29, 0.717) is 6.42 Å². The lowest BCUT2D eigenvalue weighted by Crippen LogP contribution is -2.43. The van der Waals surface area contributed by atoms with Crippen LogP contribution in [0.15, 0.2) is 0 Å². The van der Waals surface area contributed by atoms with Gasteiger partial charge in [0.05, 0.1) is 12.0 Å². The van der Waals surface area contributed by atoms with E-state index >= 15 is 0 Å². The summed E-state index contributed by atoms with van der Waals surface area (Å²) in [5.74, 6) is 0.956. The molecule has 4 heteroatoms. The Bertz CT molecular complexity index is 343. The average Bonchev–Trinajstić information content (AvgIpc) is 2.48. The Balaban J connectivity index is 1.68. The van der Waals surface area contributed by atoms with E-state index in [1.54, 1.807) is 0 Å². The maximum absolute atomic E-state index is 12.4. The summed E-state index contributed by atoms with van der Waals surface area (Å²) >= 11 is 0. The summed E-state index contributed by atoms with van der Waals surface area (Å²) in [5, 5.41) is 10.5. The zero-order valence-electron chi connectivity index (χ0n) is 14.5. The van der Waals surface area contributed by atoms with Crippen molar-refractivity contribution >= 4 is 5.91 Å². The molecule has 2 rings (SSSR count). The van der Waals surface area contributed by atoms with Gasteiger partial charge in [0.1, 0.15) is 0 Å². The van der Waals surface area contributed by atoms with Crippen molar-refractivity contribution in [3.8, 4) is 0 Å². The first-order valence-electron chi connectivity index (χ1n) is 9.13. The molecule has 1 aliphatic carbocycles. The van der Waals surface area contributed by atoms with Crippen molar-refractivity contribution in [3.05, 3.63) is 0 Å². The van der Waals surface area contributed by atoms with Crippen LogP contribution in [0.4, 0.5) is 0 Å². The van der Waals surface area contributed by atoms with Crippen molar-refractivity contribution in [2.75, 3.05) is 33.7 Å². The van der Waals surface area contributed by atoms with Crippen molar-refractivity contribution in [1.29, 1.82) is 0 Å². The minimum atomic E-state index is -0.710. The van der Waals surface area contributed by atoms with Gasteiger partial charge in [-0.3, -0.25) is 4.79 Å². The minimum absolute atomic E-state index is 0.177. The van der Waals surface area contributed by atoms with Gasteiger partial charge in [0.2, 0.25) is 5.91 Å². The largest absolute Gasteiger partial charge is 0.389 e. The molecule has 0 aromatic rings. The molecule has 0 aromatic carbocycles. The molecule has 0 radical (unpaired) electrons. The second-order valence-corrected chi connectivity index (χ2v) is 7.73. The van der Waals surface area contributed by atoms with Gasteiger partial charge in [-0.05, 0) is 65.1 Å². The quantitative estimate of drug-likeness (QED) is 0.820. The molecular formula is C18H34N2O2. The predicted octanol–water partition coefficient (Wildman–Crippen LogP) is 2.65. The number of rotatable bonds is 6. The van der Waals surface area contributed by atoms with Crippen LogP contribution in [-0.4, -0.2) is 60.1 Å². The third kappa shape index (κ3) is 5.54. The van der Waals surface area contributed by atoms with E-state index in [0.717, 1.165) is 64.1 Å². The highest BCUT2D eigenvalue weighted by atomic mass is 16.3. The Kier molecular flexibility index (Phi) is 6.69. The lowest BCUT2D eigenvalue weighted by Gasteiger charge is -2.36. The zero-order valence-corrected chi connectivity index (χ0v) is 14.5. The summed E-state index contributed by atoms with van der Waals surface area (Å²) in [7, 11) is 4.24. The molecule has 0 bridgehead atoms. The van der Waals surface area contributed by atoms with Gasteiger partial charge in [-0.15, -0.1) is 0 Å². The van der Waals surface area contributed by atoms with Crippen LogP contribution in [0.5, 0.6) is 0 Å².